The Bertz CT molecular complexity index is 897. The first kappa shape index (κ1) is 44.2. The van der Waals surface area contributed by atoms with Crippen LogP contribution in [0.4, 0.5) is 0 Å². The van der Waals surface area contributed by atoms with Crippen LogP contribution >= 0.6 is 7.82 Å². The van der Waals surface area contributed by atoms with Gasteiger partial charge in [-0.1, -0.05) is 102 Å². The summed E-state index contributed by atoms with van der Waals surface area (Å²) in [5.41, 5.74) is 0. The molecule has 0 aromatic heterocycles. The SMILES string of the molecule is CCCCC/C=C\C/C=C\C/C=C\CCCCC(=O)O[C@H](COC(=O)CCCCCCCCC)COP(=O)(O)OCC[N+](C)(C)C. The minimum Gasteiger partial charge on any atom is -0.462 e. The molecule has 0 aliphatic rings. The predicted molar refractivity (Wildman–Crippen MR) is 187 cm³/mol. The van der Waals surface area contributed by atoms with Crippen LogP contribution in [0, 0.1) is 0 Å². The Morgan fingerprint density at radius 3 is 1.78 bits per heavy atom. The molecule has 0 aromatic carbocycles. The molecule has 0 saturated heterocycles. The summed E-state index contributed by atoms with van der Waals surface area (Å²) >= 11 is 0. The van der Waals surface area contributed by atoms with E-state index in [9.17, 15) is 19.0 Å². The second-order valence-corrected chi connectivity index (χ2v) is 14.4. The molecular weight excluding hydrogens is 605 g/mol. The van der Waals surface area contributed by atoms with Crippen molar-refractivity contribution in [1.29, 1.82) is 0 Å². The fourth-order valence-corrected chi connectivity index (χ4v) is 5.05. The molecule has 0 fully saturated rings. The molecule has 2 atom stereocenters. The van der Waals surface area contributed by atoms with Gasteiger partial charge in [-0.05, 0) is 51.4 Å². The number of hydrogen-bond donors (Lipinski definition) is 1. The van der Waals surface area contributed by atoms with Gasteiger partial charge in [0.15, 0.2) is 6.10 Å². The fourth-order valence-electron chi connectivity index (χ4n) is 4.31. The van der Waals surface area contributed by atoms with Crippen LogP contribution in [-0.2, 0) is 32.7 Å². The number of nitrogens with zero attached hydrogens (tertiary/aromatic N) is 1. The van der Waals surface area contributed by atoms with E-state index in [1.165, 1.54) is 44.9 Å². The minimum atomic E-state index is -4.37. The van der Waals surface area contributed by atoms with Gasteiger partial charge in [-0.3, -0.25) is 18.6 Å². The third-order valence-corrected chi connectivity index (χ3v) is 8.16. The quantitative estimate of drug-likeness (QED) is 0.0256. The standard InChI is InChI=1S/C36H66NO8P/c1-6-8-10-12-14-15-16-17-18-19-20-21-23-25-27-29-36(39)45-34(33-44-46(40,41)43-31-30-37(3,4)5)32-42-35(38)28-26-24-22-13-11-9-7-2/h14-15,17-18,20-21,34H,6-13,16,19,22-33H2,1-5H3/p+1/b15-14-,18-17-,21-20-/t34-/m1/s1. The van der Waals surface area contributed by atoms with Crippen LogP contribution in [0.25, 0.3) is 0 Å². The van der Waals surface area contributed by atoms with E-state index in [1.807, 2.05) is 21.1 Å². The third kappa shape index (κ3) is 32.2. The maximum Gasteiger partial charge on any atom is 0.472 e. The van der Waals surface area contributed by atoms with Gasteiger partial charge in [0.05, 0.1) is 27.7 Å². The lowest BCUT2D eigenvalue weighted by Crippen LogP contribution is -2.37. The second-order valence-electron chi connectivity index (χ2n) is 12.9. The number of hydrogen-bond acceptors (Lipinski definition) is 7. The van der Waals surface area contributed by atoms with E-state index in [-0.39, 0.29) is 32.0 Å². The van der Waals surface area contributed by atoms with Crippen molar-refractivity contribution in [2.75, 3.05) is 47.5 Å². The van der Waals surface area contributed by atoms with E-state index in [1.54, 1.807) is 0 Å². The molecule has 0 bridgehead atoms. The first-order valence-corrected chi connectivity index (χ1v) is 19.2. The van der Waals surface area contributed by atoms with Gasteiger partial charge in [-0.15, -0.1) is 0 Å². The van der Waals surface area contributed by atoms with E-state index in [2.05, 4.69) is 50.3 Å². The molecule has 268 valence electrons. The molecule has 0 radical (unpaired) electrons. The van der Waals surface area contributed by atoms with Gasteiger partial charge in [0.1, 0.15) is 19.8 Å². The van der Waals surface area contributed by atoms with Gasteiger partial charge in [0.25, 0.3) is 0 Å². The maximum atomic E-state index is 12.5. The van der Waals surface area contributed by atoms with E-state index in [0.717, 1.165) is 51.4 Å². The normalized spacial score (nSPS) is 14.3. The number of allylic oxidation sites excluding steroid dienone is 6. The summed E-state index contributed by atoms with van der Waals surface area (Å²) in [4.78, 5) is 34.9. The van der Waals surface area contributed by atoms with E-state index in [0.29, 0.717) is 17.4 Å². The molecule has 0 amide bonds. The largest absolute Gasteiger partial charge is 0.472 e. The van der Waals surface area contributed by atoms with Crippen molar-refractivity contribution in [3.8, 4) is 0 Å². The zero-order chi connectivity index (χ0) is 34.4. The first-order valence-electron chi connectivity index (χ1n) is 17.7. The number of quaternary nitrogens is 1. The summed E-state index contributed by atoms with van der Waals surface area (Å²) in [6, 6.07) is 0. The number of phosphoric acid groups is 1. The minimum absolute atomic E-state index is 0.0242. The number of esters is 2. The summed E-state index contributed by atoms with van der Waals surface area (Å²) in [6.07, 6.45) is 29.3. The lowest BCUT2D eigenvalue weighted by molar-refractivity contribution is -0.870. The fraction of sp³-hybridized carbons (Fsp3) is 0.778. The van der Waals surface area contributed by atoms with Gasteiger partial charge < -0.3 is 18.9 Å². The molecule has 0 saturated carbocycles. The van der Waals surface area contributed by atoms with Gasteiger partial charge in [0, 0.05) is 12.8 Å². The van der Waals surface area contributed by atoms with Crippen LogP contribution in [-0.4, -0.2) is 74.9 Å². The molecule has 0 aliphatic carbocycles. The zero-order valence-electron chi connectivity index (χ0n) is 29.8. The van der Waals surface area contributed by atoms with Crippen molar-refractivity contribution in [1.82, 2.24) is 0 Å². The average Bonchev–Trinajstić information content (AvgIpc) is 2.99. The van der Waals surface area contributed by atoms with Crippen molar-refractivity contribution in [2.45, 2.75) is 136 Å². The third-order valence-electron chi connectivity index (χ3n) is 7.17. The van der Waals surface area contributed by atoms with Crippen LogP contribution < -0.4 is 0 Å². The van der Waals surface area contributed by atoms with Gasteiger partial charge in [-0.25, -0.2) is 4.57 Å². The summed E-state index contributed by atoms with van der Waals surface area (Å²) < 4.78 is 33.9. The summed E-state index contributed by atoms with van der Waals surface area (Å²) in [5.74, 6) is -0.855. The highest BCUT2D eigenvalue weighted by molar-refractivity contribution is 7.47. The van der Waals surface area contributed by atoms with Crippen LogP contribution in [0.1, 0.15) is 129 Å². The van der Waals surface area contributed by atoms with E-state index in [4.69, 9.17) is 18.5 Å². The molecule has 0 spiro atoms. The number of carbonyl (C=O) groups excluding carboxylic acids is 2. The molecule has 1 N–H and O–H groups in total. The van der Waals surface area contributed by atoms with Crippen LogP contribution in [0.15, 0.2) is 36.5 Å². The smallest absolute Gasteiger partial charge is 0.462 e. The Hall–Kier alpha value is -1.77. The number of ether oxygens (including phenoxy) is 2. The first-order chi connectivity index (χ1) is 22.0. The molecule has 0 rings (SSSR count). The molecule has 0 aromatic rings. The molecule has 9 nitrogen and oxygen atoms in total. The van der Waals surface area contributed by atoms with Crippen LogP contribution in [0.3, 0.4) is 0 Å². The predicted octanol–water partition coefficient (Wildman–Crippen LogP) is 9.01. The Morgan fingerprint density at radius 1 is 0.674 bits per heavy atom. The number of unbranched alkanes of at least 4 members (excludes halogenated alkanes) is 11. The Labute approximate surface area is 281 Å². The molecule has 1 unspecified atom stereocenters. The molecular formula is C36H67NO8P+. The summed E-state index contributed by atoms with van der Waals surface area (Å²) in [7, 11) is 1.44. The van der Waals surface area contributed by atoms with E-state index < -0.39 is 26.5 Å². The summed E-state index contributed by atoms with van der Waals surface area (Å²) in [5, 5.41) is 0. The van der Waals surface area contributed by atoms with Crippen molar-refractivity contribution in [3.05, 3.63) is 36.5 Å². The second kappa shape index (κ2) is 29.4. The highest BCUT2D eigenvalue weighted by atomic mass is 31.2. The molecule has 46 heavy (non-hydrogen) atoms. The van der Waals surface area contributed by atoms with Crippen molar-refractivity contribution < 1.29 is 42.1 Å². The number of likely N-dealkylation sites (N-methyl/N-ethyl adjacent to an activating group) is 1. The van der Waals surface area contributed by atoms with E-state index >= 15 is 0 Å². The lowest BCUT2D eigenvalue weighted by atomic mass is 10.1. The number of rotatable bonds is 31. The molecule has 0 aliphatic heterocycles. The van der Waals surface area contributed by atoms with Gasteiger partial charge in [-0.2, -0.15) is 0 Å². The number of carbonyl (C=O) groups is 2. The number of phosphoric ester groups is 1. The highest BCUT2D eigenvalue weighted by Gasteiger charge is 2.27. The van der Waals surface area contributed by atoms with Crippen LogP contribution in [0.2, 0.25) is 0 Å². The Balaban J connectivity index is 4.53. The van der Waals surface area contributed by atoms with Crippen LogP contribution in [0.5, 0.6) is 0 Å². The van der Waals surface area contributed by atoms with Gasteiger partial charge >= 0.3 is 19.8 Å². The zero-order valence-corrected chi connectivity index (χ0v) is 30.7. The topological polar surface area (TPSA) is 108 Å². The van der Waals surface area contributed by atoms with Crippen molar-refractivity contribution in [2.24, 2.45) is 0 Å². The Morgan fingerprint density at radius 2 is 1.17 bits per heavy atom. The van der Waals surface area contributed by atoms with Crippen molar-refractivity contribution in [3.63, 3.8) is 0 Å². The summed E-state index contributed by atoms with van der Waals surface area (Å²) in [6.45, 7) is 4.26. The average molecular weight is 673 g/mol. The van der Waals surface area contributed by atoms with Crippen molar-refractivity contribution >= 4 is 19.8 Å². The monoisotopic (exact) mass is 672 g/mol. The maximum absolute atomic E-state index is 12.5. The molecule has 10 heteroatoms. The molecule has 0 heterocycles. The Kier molecular flexibility index (Phi) is 28.2. The highest BCUT2D eigenvalue weighted by Crippen LogP contribution is 2.43. The van der Waals surface area contributed by atoms with Gasteiger partial charge in [0.2, 0.25) is 0 Å². The lowest BCUT2D eigenvalue weighted by Gasteiger charge is -2.24.